The third-order valence-corrected chi connectivity index (χ3v) is 2.27. The molecule has 0 saturated carbocycles. The topological polar surface area (TPSA) is 91.9 Å². The second-order valence-corrected chi connectivity index (χ2v) is 3.69. The van der Waals surface area contributed by atoms with Gasteiger partial charge >= 0.3 is 12.0 Å². The molecule has 0 aliphatic carbocycles. The number of H-pyrrole nitrogens is 1. The van der Waals surface area contributed by atoms with Crippen molar-refractivity contribution in [1.29, 1.82) is 0 Å². The predicted molar refractivity (Wildman–Crippen MR) is 69.9 cm³/mol. The lowest BCUT2D eigenvalue weighted by molar-refractivity contribution is 0.251. The van der Waals surface area contributed by atoms with Crippen LogP contribution in [-0.2, 0) is 6.54 Å². The van der Waals surface area contributed by atoms with Gasteiger partial charge in [0.2, 0.25) is 5.95 Å². The van der Waals surface area contributed by atoms with E-state index in [0.717, 1.165) is 5.56 Å². The molecule has 0 fully saturated rings. The fourth-order valence-corrected chi connectivity index (χ4v) is 1.43. The molecule has 100 valence electrons. The number of amides is 2. The molecule has 7 nitrogen and oxygen atoms in total. The molecule has 2 aromatic rings. The standard InChI is InChI=1S/C12H15N5O2/c1-2-19-12-15-10(16-17-12)14-11(18)13-8-9-6-4-3-5-7-9/h3-7H,2,8H2,1H3,(H3,13,14,15,16,17,18). The SMILES string of the molecule is CCOc1n[nH]c(NC(=O)NCc2ccccc2)n1. The van der Waals surface area contributed by atoms with Crippen molar-refractivity contribution >= 4 is 12.0 Å². The second kappa shape index (κ2) is 6.39. The third kappa shape index (κ3) is 3.98. The Morgan fingerprint density at radius 1 is 1.37 bits per heavy atom. The molecular formula is C12H15N5O2. The summed E-state index contributed by atoms with van der Waals surface area (Å²) in [5.74, 6) is 0.244. The number of hydrogen-bond donors (Lipinski definition) is 3. The smallest absolute Gasteiger partial charge is 0.337 e. The third-order valence-electron chi connectivity index (χ3n) is 2.27. The molecule has 1 aromatic heterocycles. The number of benzene rings is 1. The van der Waals surface area contributed by atoms with E-state index in [0.29, 0.717) is 13.2 Å². The van der Waals surface area contributed by atoms with Crippen molar-refractivity contribution in [3.63, 3.8) is 0 Å². The average molecular weight is 261 g/mol. The molecule has 3 N–H and O–H groups in total. The van der Waals surface area contributed by atoms with Gasteiger partial charge in [0.15, 0.2) is 0 Å². The predicted octanol–water partition coefficient (Wildman–Crippen LogP) is 1.53. The molecule has 0 unspecified atom stereocenters. The molecule has 0 bridgehead atoms. The summed E-state index contributed by atoms with van der Waals surface area (Å²) in [4.78, 5) is 15.5. The normalized spacial score (nSPS) is 9.95. The van der Waals surface area contributed by atoms with E-state index < -0.39 is 0 Å². The number of carbonyl (C=O) groups excluding carboxylic acids is 1. The van der Waals surface area contributed by atoms with Gasteiger partial charge in [-0.3, -0.25) is 5.32 Å². The van der Waals surface area contributed by atoms with Crippen LogP contribution in [-0.4, -0.2) is 27.8 Å². The van der Waals surface area contributed by atoms with E-state index in [-0.39, 0.29) is 18.0 Å². The van der Waals surface area contributed by atoms with Gasteiger partial charge < -0.3 is 10.1 Å². The lowest BCUT2D eigenvalue weighted by Crippen LogP contribution is -2.28. The van der Waals surface area contributed by atoms with Crippen LogP contribution in [0, 0.1) is 0 Å². The number of nitrogens with one attached hydrogen (secondary N) is 3. The molecule has 2 amide bonds. The summed E-state index contributed by atoms with van der Waals surface area (Å²) < 4.78 is 5.07. The van der Waals surface area contributed by atoms with Crippen LogP contribution in [0.5, 0.6) is 6.01 Å². The number of aromatic amines is 1. The highest BCUT2D eigenvalue weighted by atomic mass is 16.5. The van der Waals surface area contributed by atoms with Gasteiger partial charge in [-0.25, -0.2) is 9.89 Å². The molecule has 0 spiro atoms. The van der Waals surface area contributed by atoms with Crippen molar-refractivity contribution in [1.82, 2.24) is 20.5 Å². The summed E-state index contributed by atoms with van der Waals surface area (Å²) in [6.07, 6.45) is 0. The maximum atomic E-state index is 11.6. The highest BCUT2D eigenvalue weighted by Crippen LogP contribution is 2.05. The van der Waals surface area contributed by atoms with Gasteiger partial charge in [0.05, 0.1) is 6.61 Å². The molecule has 1 heterocycles. The van der Waals surface area contributed by atoms with Crippen molar-refractivity contribution in [2.24, 2.45) is 0 Å². The number of rotatable bonds is 5. The van der Waals surface area contributed by atoms with Crippen LogP contribution >= 0.6 is 0 Å². The van der Waals surface area contributed by atoms with Crippen molar-refractivity contribution in [2.45, 2.75) is 13.5 Å². The average Bonchev–Trinajstić information content (AvgIpc) is 2.85. The number of anilines is 1. The minimum atomic E-state index is -0.358. The van der Waals surface area contributed by atoms with E-state index in [1.807, 2.05) is 37.3 Å². The van der Waals surface area contributed by atoms with E-state index in [2.05, 4.69) is 25.8 Å². The Hall–Kier alpha value is -2.57. The number of nitrogens with zero attached hydrogens (tertiary/aromatic N) is 2. The summed E-state index contributed by atoms with van der Waals surface area (Å²) >= 11 is 0. The lowest BCUT2D eigenvalue weighted by atomic mass is 10.2. The van der Waals surface area contributed by atoms with Crippen molar-refractivity contribution in [3.8, 4) is 6.01 Å². The quantitative estimate of drug-likeness (QED) is 0.761. The van der Waals surface area contributed by atoms with Crippen LogP contribution < -0.4 is 15.4 Å². The van der Waals surface area contributed by atoms with Crippen molar-refractivity contribution in [2.75, 3.05) is 11.9 Å². The minimum absolute atomic E-state index is 0.209. The van der Waals surface area contributed by atoms with Gasteiger partial charge in [0.25, 0.3) is 0 Å². The first kappa shape index (κ1) is 12.9. The summed E-state index contributed by atoms with van der Waals surface area (Å²) in [5.41, 5.74) is 1.02. The monoisotopic (exact) mass is 261 g/mol. The van der Waals surface area contributed by atoms with Crippen LogP contribution in [0.4, 0.5) is 10.7 Å². The Bertz CT molecular complexity index is 526. The molecule has 0 aliphatic heterocycles. The highest BCUT2D eigenvalue weighted by molar-refractivity contribution is 5.87. The van der Waals surface area contributed by atoms with Crippen LogP contribution in [0.25, 0.3) is 0 Å². The zero-order valence-corrected chi connectivity index (χ0v) is 10.5. The van der Waals surface area contributed by atoms with E-state index in [1.54, 1.807) is 0 Å². The van der Waals surface area contributed by atoms with E-state index in [1.165, 1.54) is 0 Å². The largest absolute Gasteiger partial charge is 0.463 e. The fourth-order valence-electron chi connectivity index (χ4n) is 1.43. The Kier molecular flexibility index (Phi) is 4.33. The first-order valence-electron chi connectivity index (χ1n) is 5.92. The molecular weight excluding hydrogens is 246 g/mol. The zero-order valence-electron chi connectivity index (χ0n) is 10.5. The molecule has 0 atom stereocenters. The number of urea groups is 1. The number of hydrogen-bond acceptors (Lipinski definition) is 4. The number of aromatic nitrogens is 3. The van der Waals surface area contributed by atoms with Gasteiger partial charge in [0.1, 0.15) is 0 Å². The first-order chi connectivity index (χ1) is 9.28. The minimum Gasteiger partial charge on any atom is -0.463 e. The van der Waals surface area contributed by atoms with Gasteiger partial charge in [-0.2, -0.15) is 4.98 Å². The fraction of sp³-hybridized carbons (Fsp3) is 0.250. The van der Waals surface area contributed by atoms with Gasteiger partial charge in [-0.1, -0.05) is 30.3 Å². The number of ether oxygens (including phenoxy) is 1. The summed E-state index contributed by atoms with van der Waals surface area (Å²) in [6, 6.07) is 9.47. The van der Waals surface area contributed by atoms with E-state index in [9.17, 15) is 4.79 Å². The second-order valence-electron chi connectivity index (χ2n) is 3.69. The molecule has 0 saturated heterocycles. The Morgan fingerprint density at radius 3 is 2.89 bits per heavy atom. The lowest BCUT2D eigenvalue weighted by Gasteiger charge is -2.04. The van der Waals surface area contributed by atoms with Gasteiger partial charge in [0, 0.05) is 6.54 Å². The van der Waals surface area contributed by atoms with Crippen molar-refractivity contribution in [3.05, 3.63) is 35.9 Å². The molecule has 1 aromatic carbocycles. The van der Waals surface area contributed by atoms with E-state index in [4.69, 9.17) is 4.74 Å². The van der Waals surface area contributed by atoms with Crippen LogP contribution in [0.1, 0.15) is 12.5 Å². The van der Waals surface area contributed by atoms with Crippen LogP contribution in [0.2, 0.25) is 0 Å². The van der Waals surface area contributed by atoms with Crippen LogP contribution in [0.3, 0.4) is 0 Å². The zero-order chi connectivity index (χ0) is 13.5. The molecule has 7 heteroatoms. The Morgan fingerprint density at radius 2 is 2.16 bits per heavy atom. The maximum Gasteiger partial charge on any atom is 0.337 e. The molecule has 0 radical (unpaired) electrons. The summed E-state index contributed by atoms with van der Waals surface area (Å²) in [6.45, 7) is 2.74. The Labute approximate surface area is 110 Å². The van der Waals surface area contributed by atoms with E-state index >= 15 is 0 Å². The number of carbonyl (C=O) groups is 1. The molecule has 2 rings (SSSR count). The van der Waals surface area contributed by atoms with Gasteiger partial charge in [-0.15, -0.1) is 5.10 Å². The van der Waals surface area contributed by atoms with Crippen LogP contribution in [0.15, 0.2) is 30.3 Å². The Balaban J connectivity index is 1.80. The van der Waals surface area contributed by atoms with Crippen molar-refractivity contribution < 1.29 is 9.53 Å². The summed E-state index contributed by atoms with van der Waals surface area (Å²) in [5, 5.41) is 11.6. The summed E-state index contributed by atoms with van der Waals surface area (Å²) in [7, 11) is 0. The molecule has 19 heavy (non-hydrogen) atoms. The highest BCUT2D eigenvalue weighted by Gasteiger charge is 2.06. The first-order valence-corrected chi connectivity index (χ1v) is 5.92. The van der Waals surface area contributed by atoms with Gasteiger partial charge in [-0.05, 0) is 12.5 Å². The molecule has 0 aliphatic rings. The maximum absolute atomic E-state index is 11.6.